The molecule has 0 atom stereocenters. The Kier molecular flexibility index (Phi) is 3.72. The molecule has 3 nitrogen and oxygen atoms in total. The largest absolute Gasteiger partial charge is 0.317 e. The van der Waals surface area contributed by atoms with Gasteiger partial charge in [0.15, 0.2) is 5.13 Å². The molecule has 0 saturated carbocycles. The number of hydrogen-bond acceptors (Lipinski definition) is 4. The summed E-state index contributed by atoms with van der Waals surface area (Å²) in [7, 11) is 0. The van der Waals surface area contributed by atoms with Gasteiger partial charge in [0.1, 0.15) is 5.82 Å². The van der Waals surface area contributed by atoms with Crippen molar-refractivity contribution >= 4 is 22.2 Å². The lowest BCUT2D eigenvalue weighted by Gasteiger charge is -2.15. The number of nitrogens with one attached hydrogen (secondary N) is 1. The molecule has 0 saturated heterocycles. The van der Waals surface area contributed by atoms with E-state index in [-0.39, 0.29) is 5.82 Å². The fraction of sp³-hybridized carbons (Fsp3) is 0.400. The molecule has 0 amide bonds. The number of anilines is 2. The topological polar surface area (TPSA) is 28.2 Å². The van der Waals surface area contributed by atoms with Gasteiger partial charge >= 0.3 is 0 Å². The SMILES string of the molecule is CC(C)NCc1csc(N2CCc3ccc(F)cc32)n1. The molecule has 0 spiro atoms. The van der Waals surface area contributed by atoms with Crippen molar-refractivity contribution in [3.63, 3.8) is 0 Å². The molecule has 0 aliphatic carbocycles. The molecule has 3 rings (SSSR count). The summed E-state index contributed by atoms with van der Waals surface area (Å²) in [5.74, 6) is -0.186. The molecule has 5 heteroatoms. The van der Waals surface area contributed by atoms with Crippen LogP contribution in [0.2, 0.25) is 0 Å². The van der Waals surface area contributed by atoms with Crippen LogP contribution in [0.15, 0.2) is 23.6 Å². The lowest BCUT2D eigenvalue weighted by Crippen LogP contribution is -2.22. The minimum absolute atomic E-state index is 0.186. The van der Waals surface area contributed by atoms with Crippen molar-refractivity contribution < 1.29 is 4.39 Å². The van der Waals surface area contributed by atoms with Gasteiger partial charge in [0.2, 0.25) is 0 Å². The molecule has 106 valence electrons. The monoisotopic (exact) mass is 291 g/mol. The van der Waals surface area contributed by atoms with Crippen molar-refractivity contribution in [2.24, 2.45) is 0 Å². The van der Waals surface area contributed by atoms with Gasteiger partial charge in [-0.15, -0.1) is 11.3 Å². The van der Waals surface area contributed by atoms with Gasteiger partial charge in [0.25, 0.3) is 0 Å². The molecule has 20 heavy (non-hydrogen) atoms. The number of rotatable bonds is 4. The third kappa shape index (κ3) is 2.69. The maximum Gasteiger partial charge on any atom is 0.190 e. The van der Waals surface area contributed by atoms with E-state index in [1.807, 2.05) is 6.07 Å². The maximum absolute atomic E-state index is 13.4. The zero-order chi connectivity index (χ0) is 14.1. The first kappa shape index (κ1) is 13.5. The molecule has 0 unspecified atom stereocenters. The lowest BCUT2D eigenvalue weighted by atomic mass is 10.2. The number of aromatic nitrogens is 1. The molecule has 1 aliphatic heterocycles. The van der Waals surface area contributed by atoms with Crippen molar-refractivity contribution in [2.45, 2.75) is 32.9 Å². The first-order valence-corrected chi connectivity index (χ1v) is 7.75. The summed E-state index contributed by atoms with van der Waals surface area (Å²) in [5, 5.41) is 6.38. The number of fused-ring (bicyclic) bond motifs is 1. The lowest BCUT2D eigenvalue weighted by molar-refractivity contribution is 0.583. The predicted molar refractivity (Wildman–Crippen MR) is 81.2 cm³/mol. The number of hydrogen-bond donors (Lipinski definition) is 1. The second-order valence-electron chi connectivity index (χ2n) is 5.33. The van der Waals surface area contributed by atoms with Crippen LogP contribution in [0.25, 0.3) is 0 Å². The second kappa shape index (κ2) is 5.50. The zero-order valence-corrected chi connectivity index (χ0v) is 12.5. The molecule has 1 aromatic carbocycles. The summed E-state index contributed by atoms with van der Waals surface area (Å²) >= 11 is 1.62. The Morgan fingerprint density at radius 1 is 1.45 bits per heavy atom. The Morgan fingerprint density at radius 3 is 3.10 bits per heavy atom. The van der Waals surface area contributed by atoms with E-state index in [0.717, 1.165) is 36.0 Å². The fourth-order valence-corrected chi connectivity index (χ4v) is 3.23. The molecule has 0 radical (unpaired) electrons. The zero-order valence-electron chi connectivity index (χ0n) is 11.7. The van der Waals surface area contributed by atoms with E-state index in [0.29, 0.717) is 6.04 Å². The van der Waals surface area contributed by atoms with Gasteiger partial charge < -0.3 is 10.2 Å². The van der Waals surface area contributed by atoms with Crippen LogP contribution in [0.1, 0.15) is 25.1 Å². The van der Waals surface area contributed by atoms with Crippen LogP contribution in [0.4, 0.5) is 15.2 Å². The van der Waals surface area contributed by atoms with E-state index in [1.165, 1.54) is 11.6 Å². The first-order chi connectivity index (χ1) is 9.63. The van der Waals surface area contributed by atoms with Crippen LogP contribution in [0, 0.1) is 5.82 Å². The molecule has 0 bridgehead atoms. The van der Waals surface area contributed by atoms with Crippen LogP contribution in [-0.2, 0) is 13.0 Å². The summed E-state index contributed by atoms with van der Waals surface area (Å²) in [4.78, 5) is 6.77. The van der Waals surface area contributed by atoms with Gasteiger partial charge in [0, 0.05) is 30.2 Å². The summed E-state index contributed by atoms with van der Waals surface area (Å²) in [6.07, 6.45) is 0.953. The molecule has 2 heterocycles. The van der Waals surface area contributed by atoms with E-state index in [2.05, 4.69) is 34.4 Å². The normalized spacial score (nSPS) is 14.1. The number of benzene rings is 1. The predicted octanol–water partition coefficient (Wildman–Crippen LogP) is 3.47. The highest BCUT2D eigenvalue weighted by atomic mass is 32.1. The van der Waals surface area contributed by atoms with Crippen molar-refractivity contribution in [1.82, 2.24) is 10.3 Å². The second-order valence-corrected chi connectivity index (χ2v) is 6.17. The van der Waals surface area contributed by atoms with Gasteiger partial charge in [-0.1, -0.05) is 19.9 Å². The Balaban J connectivity index is 1.80. The molecule has 1 aliphatic rings. The van der Waals surface area contributed by atoms with Crippen LogP contribution < -0.4 is 10.2 Å². The summed E-state index contributed by atoms with van der Waals surface area (Å²) in [6, 6.07) is 5.46. The third-order valence-corrected chi connectivity index (χ3v) is 4.32. The van der Waals surface area contributed by atoms with E-state index in [9.17, 15) is 4.39 Å². The summed E-state index contributed by atoms with van der Waals surface area (Å²) < 4.78 is 13.4. The average molecular weight is 291 g/mol. The number of thiazole rings is 1. The van der Waals surface area contributed by atoms with E-state index in [1.54, 1.807) is 17.4 Å². The van der Waals surface area contributed by atoms with Gasteiger partial charge in [0.05, 0.1) is 5.69 Å². The van der Waals surface area contributed by atoms with Crippen LogP contribution >= 0.6 is 11.3 Å². The maximum atomic E-state index is 13.4. The third-order valence-electron chi connectivity index (χ3n) is 3.40. The summed E-state index contributed by atoms with van der Waals surface area (Å²) in [5.41, 5.74) is 3.20. The van der Waals surface area contributed by atoms with Gasteiger partial charge in [-0.2, -0.15) is 0 Å². The Labute approximate surface area is 122 Å². The van der Waals surface area contributed by atoms with Crippen molar-refractivity contribution in [3.8, 4) is 0 Å². The highest BCUT2D eigenvalue weighted by Gasteiger charge is 2.23. The molecular formula is C15H18FN3S. The molecule has 1 aromatic heterocycles. The average Bonchev–Trinajstić information content (AvgIpc) is 3.01. The quantitative estimate of drug-likeness (QED) is 0.935. The molecule has 1 N–H and O–H groups in total. The van der Waals surface area contributed by atoms with E-state index < -0.39 is 0 Å². The Morgan fingerprint density at radius 2 is 2.30 bits per heavy atom. The van der Waals surface area contributed by atoms with Crippen molar-refractivity contribution in [1.29, 1.82) is 0 Å². The van der Waals surface area contributed by atoms with Crippen molar-refractivity contribution in [2.75, 3.05) is 11.4 Å². The highest BCUT2D eigenvalue weighted by Crippen LogP contribution is 2.36. The number of halogens is 1. The molecule has 0 fully saturated rings. The van der Waals surface area contributed by atoms with Crippen molar-refractivity contribution in [3.05, 3.63) is 40.7 Å². The Hall–Kier alpha value is -1.46. The molecule has 2 aromatic rings. The van der Waals surface area contributed by atoms with Crippen LogP contribution in [0.3, 0.4) is 0 Å². The minimum Gasteiger partial charge on any atom is -0.317 e. The standard InChI is InChI=1S/C15H18FN3S/c1-10(2)17-8-13-9-20-15(18-13)19-6-5-11-3-4-12(16)7-14(11)19/h3-4,7,9-10,17H,5-6,8H2,1-2H3. The summed E-state index contributed by atoms with van der Waals surface area (Å²) in [6.45, 7) is 5.89. The van der Waals surface area contributed by atoms with E-state index in [4.69, 9.17) is 0 Å². The molecular weight excluding hydrogens is 273 g/mol. The van der Waals surface area contributed by atoms with Crippen LogP contribution in [0.5, 0.6) is 0 Å². The number of nitrogens with zero attached hydrogens (tertiary/aromatic N) is 2. The smallest absolute Gasteiger partial charge is 0.190 e. The van der Waals surface area contributed by atoms with Crippen LogP contribution in [-0.4, -0.2) is 17.6 Å². The minimum atomic E-state index is -0.186. The highest BCUT2D eigenvalue weighted by molar-refractivity contribution is 7.13. The fourth-order valence-electron chi connectivity index (χ4n) is 2.36. The first-order valence-electron chi connectivity index (χ1n) is 6.87. The Bertz CT molecular complexity index is 609. The van der Waals surface area contributed by atoms with E-state index >= 15 is 0 Å². The van der Waals surface area contributed by atoms with Gasteiger partial charge in [-0.3, -0.25) is 0 Å². The van der Waals surface area contributed by atoms with Gasteiger partial charge in [-0.25, -0.2) is 9.37 Å². The van der Waals surface area contributed by atoms with Gasteiger partial charge in [-0.05, 0) is 24.1 Å².